The Morgan fingerprint density at radius 3 is 2.47 bits per heavy atom. The van der Waals surface area contributed by atoms with Gasteiger partial charge in [0.05, 0.1) is 0 Å². The summed E-state index contributed by atoms with van der Waals surface area (Å²) in [5.74, 6) is -4.28. The van der Waals surface area contributed by atoms with Gasteiger partial charge in [-0.05, 0) is 6.07 Å². The molecular formula is C10H11F3N2O2. The average Bonchev–Trinajstić information content (AvgIpc) is 2.25. The molecule has 0 saturated carbocycles. The molecule has 1 aromatic rings. The topological polar surface area (TPSA) is 75.4 Å². The van der Waals surface area contributed by atoms with E-state index in [1.54, 1.807) is 0 Å². The van der Waals surface area contributed by atoms with Crippen molar-refractivity contribution in [3.63, 3.8) is 0 Å². The third-order valence-corrected chi connectivity index (χ3v) is 2.07. The normalized spacial score (nSPS) is 12.5. The molecule has 0 heterocycles. The SMILES string of the molecule is NC(=O)C(O)CNCc1cc(F)c(F)cc1F. The molecule has 0 radical (unpaired) electrons. The Balaban J connectivity index is 2.58. The highest BCUT2D eigenvalue weighted by molar-refractivity contribution is 5.78. The maximum Gasteiger partial charge on any atom is 0.247 e. The Hall–Kier alpha value is -1.60. The fourth-order valence-electron chi connectivity index (χ4n) is 1.14. The van der Waals surface area contributed by atoms with E-state index < -0.39 is 29.5 Å². The quantitative estimate of drug-likeness (QED) is 0.644. The van der Waals surface area contributed by atoms with Gasteiger partial charge in [-0.3, -0.25) is 4.79 Å². The summed E-state index contributed by atoms with van der Waals surface area (Å²) >= 11 is 0. The number of primary amides is 1. The number of nitrogens with one attached hydrogen (secondary N) is 1. The third kappa shape index (κ3) is 3.72. The van der Waals surface area contributed by atoms with E-state index in [-0.39, 0.29) is 18.7 Å². The molecule has 0 aromatic heterocycles. The van der Waals surface area contributed by atoms with Gasteiger partial charge in [0.15, 0.2) is 11.6 Å². The van der Waals surface area contributed by atoms with Crippen molar-refractivity contribution in [2.75, 3.05) is 6.54 Å². The lowest BCUT2D eigenvalue weighted by Gasteiger charge is -2.09. The fourth-order valence-corrected chi connectivity index (χ4v) is 1.14. The highest BCUT2D eigenvalue weighted by Gasteiger charge is 2.12. The molecule has 17 heavy (non-hydrogen) atoms. The third-order valence-electron chi connectivity index (χ3n) is 2.07. The first-order valence-corrected chi connectivity index (χ1v) is 4.73. The summed E-state index contributed by atoms with van der Waals surface area (Å²) in [6, 6.07) is 1.13. The van der Waals surface area contributed by atoms with Crippen molar-refractivity contribution in [1.82, 2.24) is 5.32 Å². The van der Waals surface area contributed by atoms with Crippen LogP contribution in [0.15, 0.2) is 12.1 Å². The van der Waals surface area contributed by atoms with Gasteiger partial charge < -0.3 is 16.2 Å². The second kappa shape index (κ2) is 5.65. The van der Waals surface area contributed by atoms with Crippen LogP contribution >= 0.6 is 0 Å². The molecule has 94 valence electrons. The molecule has 0 spiro atoms. The number of benzene rings is 1. The van der Waals surface area contributed by atoms with Crippen LogP contribution in [-0.4, -0.2) is 23.7 Å². The van der Waals surface area contributed by atoms with E-state index in [0.29, 0.717) is 12.1 Å². The predicted octanol–water partition coefficient (Wildman–Crippen LogP) is 0.0397. The van der Waals surface area contributed by atoms with Crippen LogP contribution in [0.25, 0.3) is 0 Å². The minimum Gasteiger partial charge on any atom is -0.382 e. The second-order valence-electron chi connectivity index (χ2n) is 3.41. The van der Waals surface area contributed by atoms with Crippen LogP contribution in [0.5, 0.6) is 0 Å². The predicted molar refractivity (Wildman–Crippen MR) is 53.2 cm³/mol. The summed E-state index contributed by atoms with van der Waals surface area (Å²) < 4.78 is 38.5. The lowest BCUT2D eigenvalue weighted by molar-refractivity contribution is -0.125. The first kappa shape index (κ1) is 13.5. The van der Waals surface area contributed by atoms with Crippen LogP contribution in [0.3, 0.4) is 0 Å². The molecule has 0 aliphatic heterocycles. The summed E-state index contributed by atoms with van der Waals surface area (Å²) in [6.07, 6.45) is -1.41. The van der Waals surface area contributed by atoms with E-state index in [1.165, 1.54) is 0 Å². The number of rotatable bonds is 5. The van der Waals surface area contributed by atoms with Crippen molar-refractivity contribution in [2.45, 2.75) is 12.6 Å². The first-order valence-electron chi connectivity index (χ1n) is 4.73. The monoisotopic (exact) mass is 248 g/mol. The molecule has 1 atom stereocenters. The average molecular weight is 248 g/mol. The van der Waals surface area contributed by atoms with E-state index >= 15 is 0 Å². The fraction of sp³-hybridized carbons (Fsp3) is 0.300. The Morgan fingerprint density at radius 1 is 1.29 bits per heavy atom. The first-order chi connectivity index (χ1) is 7.91. The number of hydrogen-bond acceptors (Lipinski definition) is 3. The van der Waals surface area contributed by atoms with Gasteiger partial charge in [0.25, 0.3) is 0 Å². The maximum atomic E-state index is 13.1. The zero-order valence-corrected chi connectivity index (χ0v) is 8.71. The van der Waals surface area contributed by atoms with Crippen LogP contribution in [0.1, 0.15) is 5.56 Å². The van der Waals surface area contributed by atoms with Crippen LogP contribution in [0.2, 0.25) is 0 Å². The lowest BCUT2D eigenvalue weighted by Crippen LogP contribution is -2.37. The zero-order chi connectivity index (χ0) is 13.0. The van der Waals surface area contributed by atoms with E-state index in [9.17, 15) is 18.0 Å². The molecule has 0 fully saturated rings. The number of aliphatic hydroxyl groups excluding tert-OH is 1. The number of carbonyl (C=O) groups excluding carboxylic acids is 1. The molecule has 7 heteroatoms. The van der Waals surface area contributed by atoms with Gasteiger partial charge in [-0.15, -0.1) is 0 Å². The number of halogens is 3. The molecule has 1 rings (SSSR count). The Kier molecular flexibility index (Phi) is 4.47. The minimum absolute atomic E-state index is 0.111. The van der Waals surface area contributed by atoms with Gasteiger partial charge >= 0.3 is 0 Å². The van der Waals surface area contributed by atoms with Gasteiger partial charge in [0.1, 0.15) is 11.9 Å². The summed E-state index contributed by atoms with van der Waals surface area (Å²) in [5, 5.41) is 11.5. The second-order valence-corrected chi connectivity index (χ2v) is 3.41. The number of carbonyl (C=O) groups is 1. The molecule has 4 N–H and O–H groups in total. The van der Waals surface area contributed by atoms with Crippen molar-refractivity contribution in [3.8, 4) is 0 Å². The maximum absolute atomic E-state index is 13.1. The van der Waals surface area contributed by atoms with Crippen molar-refractivity contribution >= 4 is 5.91 Å². The molecule has 4 nitrogen and oxygen atoms in total. The zero-order valence-electron chi connectivity index (χ0n) is 8.71. The highest BCUT2D eigenvalue weighted by atomic mass is 19.2. The van der Waals surface area contributed by atoms with Crippen molar-refractivity contribution in [2.24, 2.45) is 5.73 Å². The smallest absolute Gasteiger partial charge is 0.247 e. The van der Waals surface area contributed by atoms with Crippen LogP contribution in [-0.2, 0) is 11.3 Å². The Morgan fingerprint density at radius 2 is 1.88 bits per heavy atom. The molecule has 1 amide bonds. The minimum atomic E-state index is -1.41. The Bertz CT molecular complexity index is 426. The molecule has 0 bridgehead atoms. The Labute approximate surface area is 95.2 Å². The molecule has 1 aromatic carbocycles. The van der Waals surface area contributed by atoms with Crippen molar-refractivity contribution in [3.05, 3.63) is 35.1 Å². The summed E-state index contributed by atoms with van der Waals surface area (Å²) in [6.45, 7) is -0.360. The molecule has 0 aliphatic carbocycles. The largest absolute Gasteiger partial charge is 0.382 e. The van der Waals surface area contributed by atoms with Gasteiger partial charge in [-0.25, -0.2) is 13.2 Å². The van der Waals surface area contributed by atoms with Gasteiger partial charge in [-0.2, -0.15) is 0 Å². The van der Waals surface area contributed by atoms with Crippen molar-refractivity contribution in [1.29, 1.82) is 0 Å². The standard InChI is InChI=1S/C10H11F3N2O2/c11-6-2-8(13)7(12)1-5(6)3-15-4-9(16)10(14)17/h1-2,9,15-16H,3-4H2,(H2,14,17). The highest BCUT2D eigenvalue weighted by Crippen LogP contribution is 2.13. The van der Waals surface area contributed by atoms with Crippen molar-refractivity contribution < 1.29 is 23.1 Å². The molecule has 0 aliphatic rings. The number of nitrogens with two attached hydrogens (primary N) is 1. The number of amides is 1. The van der Waals surface area contributed by atoms with Crippen LogP contribution in [0, 0.1) is 17.5 Å². The van der Waals surface area contributed by atoms with Crippen LogP contribution in [0.4, 0.5) is 13.2 Å². The lowest BCUT2D eigenvalue weighted by atomic mass is 10.2. The summed E-state index contributed by atoms with van der Waals surface area (Å²) in [7, 11) is 0. The number of hydrogen-bond donors (Lipinski definition) is 3. The summed E-state index contributed by atoms with van der Waals surface area (Å²) in [4.78, 5) is 10.5. The van der Waals surface area contributed by atoms with E-state index in [4.69, 9.17) is 10.8 Å². The van der Waals surface area contributed by atoms with Gasteiger partial charge in [0.2, 0.25) is 5.91 Å². The molecule has 0 saturated heterocycles. The van der Waals surface area contributed by atoms with E-state index in [1.807, 2.05) is 0 Å². The molecular weight excluding hydrogens is 237 g/mol. The van der Waals surface area contributed by atoms with E-state index in [2.05, 4.69) is 5.32 Å². The van der Waals surface area contributed by atoms with Gasteiger partial charge in [-0.1, -0.05) is 0 Å². The molecule has 1 unspecified atom stereocenters. The number of aliphatic hydroxyl groups is 1. The van der Waals surface area contributed by atoms with Crippen LogP contribution < -0.4 is 11.1 Å². The van der Waals surface area contributed by atoms with E-state index in [0.717, 1.165) is 0 Å². The van der Waals surface area contributed by atoms with Gasteiger partial charge in [0, 0.05) is 24.7 Å². The summed E-state index contributed by atoms with van der Waals surface area (Å²) in [5.41, 5.74) is 4.67.